The summed E-state index contributed by atoms with van der Waals surface area (Å²) in [4.78, 5) is 13.0. The number of piperidine rings is 1. The summed E-state index contributed by atoms with van der Waals surface area (Å²) in [6.45, 7) is 2.35. The van der Waals surface area contributed by atoms with Gasteiger partial charge in [-0.2, -0.15) is 0 Å². The minimum Gasteiger partial charge on any atom is -0.486 e. The van der Waals surface area contributed by atoms with Crippen LogP contribution in [-0.4, -0.2) is 58.1 Å². The van der Waals surface area contributed by atoms with Crippen LogP contribution in [-0.2, 0) is 14.8 Å². The normalized spacial score (nSPS) is 19.2. The van der Waals surface area contributed by atoms with Crippen LogP contribution in [0.15, 0.2) is 23.1 Å². The molecule has 9 heteroatoms. The van der Waals surface area contributed by atoms with Gasteiger partial charge in [-0.05, 0) is 25.0 Å². The SMILES string of the molecule is NC(=O)CN1CCC(NS(=O)(=O)c2ccc3c(c2)OCCO3)CC1. The molecule has 8 nitrogen and oxygen atoms in total. The first-order chi connectivity index (χ1) is 11.4. The third-order valence-corrected chi connectivity index (χ3v) is 5.63. The molecule has 24 heavy (non-hydrogen) atoms. The summed E-state index contributed by atoms with van der Waals surface area (Å²) < 4.78 is 38.7. The smallest absolute Gasteiger partial charge is 0.240 e. The van der Waals surface area contributed by atoms with E-state index in [-0.39, 0.29) is 23.4 Å². The summed E-state index contributed by atoms with van der Waals surface area (Å²) in [5, 5.41) is 0. The van der Waals surface area contributed by atoms with Gasteiger partial charge in [0.1, 0.15) is 13.2 Å². The number of rotatable bonds is 5. The van der Waals surface area contributed by atoms with Crippen molar-refractivity contribution < 1.29 is 22.7 Å². The van der Waals surface area contributed by atoms with Crippen molar-refractivity contribution in [1.82, 2.24) is 9.62 Å². The molecule has 0 radical (unpaired) electrons. The van der Waals surface area contributed by atoms with E-state index in [0.29, 0.717) is 50.6 Å². The molecule has 0 aromatic heterocycles. The number of sulfonamides is 1. The standard InChI is InChI=1S/C15H21N3O5S/c16-15(19)10-18-5-3-11(4-6-18)17-24(20,21)12-1-2-13-14(9-12)23-8-7-22-13/h1-2,9,11,17H,3-8,10H2,(H2,16,19). The number of benzene rings is 1. The lowest BCUT2D eigenvalue weighted by Crippen LogP contribution is -2.46. The van der Waals surface area contributed by atoms with Crippen molar-refractivity contribution in [3.05, 3.63) is 18.2 Å². The third kappa shape index (κ3) is 3.97. The van der Waals surface area contributed by atoms with E-state index >= 15 is 0 Å². The third-order valence-electron chi connectivity index (χ3n) is 4.11. The van der Waals surface area contributed by atoms with Gasteiger partial charge in [-0.1, -0.05) is 0 Å². The Bertz CT molecular complexity index is 714. The Hall–Kier alpha value is -1.84. The average molecular weight is 355 g/mol. The number of hydrogen-bond acceptors (Lipinski definition) is 6. The molecule has 0 spiro atoms. The second kappa shape index (κ2) is 6.96. The number of carbonyl (C=O) groups excluding carboxylic acids is 1. The lowest BCUT2D eigenvalue weighted by atomic mass is 10.1. The molecule has 1 aromatic rings. The van der Waals surface area contributed by atoms with Crippen molar-refractivity contribution in [2.45, 2.75) is 23.8 Å². The van der Waals surface area contributed by atoms with Crippen molar-refractivity contribution in [3.63, 3.8) is 0 Å². The molecule has 1 fully saturated rings. The fraction of sp³-hybridized carbons (Fsp3) is 0.533. The molecule has 0 aliphatic carbocycles. The number of ether oxygens (including phenoxy) is 2. The molecule has 132 valence electrons. The lowest BCUT2D eigenvalue weighted by molar-refractivity contribution is -0.119. The zero-order valence-corrected chi connectivity index (χ0v) is 14.0. The van der Waals surface area contributed by atoms with E-state index in [9.17, 15) is 13.2 Å². The van der Waals surface area contributed by atoms with E-state index in [2.05, 4.69) is 4.72 Å². The highest BCUT2D eigenvalue weighted by atomic mass is 32.2. The Kier molecular flexibility index (Phi) is 4.93. The van der Waals surface area contributed by atoms with E-state index in [1.165, 1.54) is 12.1 Å². The number of primary amides is 1. The van der Waals surface area contributed by atoms with Crippen LogP contribution in [0.3, 0.4) is 0 Å². The van der Waals surface area contributed by atoms with Crippen LogP contribution in [0.2, 0.25) is 0 Å². The van der Waals surface area contributed by atoms with Crippen LogP contribution in [0.1, 0.15) is 12.8 Å². The van der Waals surface area contributed by atoms with Crippen LogP contribution in [0.5, 0.6) is 11.5 Å². The number of amides is 1. The van der Waals surface area contributed by atoms with Gasteiger partial charge in [0.2, 0.25) is 15.9 Å². The molecule has 1 amide bonds. The van der Waals surface area contributed by atoms with Gasteiger partial charge in [0.05, 0.1) is 11.4 Å². The lowest BCUT2D eigenvalue weighted by Gasteiger charge is -2.31. The Morgan fingerprint density at radius 3 is 2.54 bits per heavy atom. The molecular weight excluding hydrogens is 334 g/mol. The van der Waals surface area contributed by atoms with Crippen LogP contribution >= 0.6 is 0 Å². The highest BCUT2D eigenvalue weighted by molar-refractivity contribution is 7.89. The molecule has 2 aliphatic heterocycles. The summed E-state index contributed by atoms with van der Waals surface area (Å²) in [5.74, 6) is 0.630. The van der Waals surface area contributed by atoms with Gasteiger partial charge in [-0.3, -0.25) is 9.69 Å². The Morgan fingerprint density at radius 1 is 1.21 bits per heavy atom. The molecule has 2 aliphatic rings. The molecule has 0 unspecified atom stereocenters. The van der Waals surface area contributed by atoms with Gasteiger partial charge >= 0.3 is 0 Å². The van der Waals surface area contributed by atoms with Crippen molar-refractivity contribution in [1.29, 1.82) is 0 Å². The predicted octanol–water partition coefficient (Wildman–Crippen LogP) is -0.314. The highest BCUT2D eigenvalue weighted by Gasteiger charge is 2.26. The molecule has 3 N–H and O–H groups in total. The van der Waals surface area contributed by atoms with Gasteiger partial charge in [0.15, 0.2) is 11.5 Å². The second-order valence-electron chi connectivity index (χ2n) is 5.94. The first-order valence-corrected chi connectivity index (χ1v) is 9.35. The molecule has 0 atom stereocenters. The largest absolute Gasteiger partial charge is 0.486 e. The maximum absolute atomic E-state index is 12.6. The Labute approximate surface area is 141 Å². The van der Waals surface area contributed by atoms with Crippen molar-refractivity contribution in [3.8, 4) is 11.5 Å². The molecule has 1 saturated heterocycles. The van der Waals surface area contributed by atoms with E-state index in [0.717, 1.165) is 0 Å². The van der Waals surface area contributed by atoms with E-state index < -0.39 is 10.0 Å². The van der Waals surface area contributed by atoms with Crippen LogP contribution in [0.4, 0.5) is 0 Å². The number of nitrogens with one attached hydrogen (secondary N) is 1. The molecule has 3 rings (SSSR count). The topological polar surface area (TPSA) is 111 Å². The van der Waals surface area contributed by atoms with Crippen LogP contribution < -0.4 is 19.9 Å². The predicted molar refractivity (Wildman–Crippen MR) is 86.4 cm³/mol. The van der Waals surface area contributed by atoms with E-state index in [4.69, 9.17) is 15.2 Å². The summed E-state index contributed by atoms with van der Waals surface area (Å²) >= 11 is 0. The molecule has 0 bridgehead atoms. The number of hydrogen-bond donors (Lipinski definition) is 2. The summed E-state index contributed by atoms with van der Waals surface area (Å²) in [5.41, 5.74) is 5.18. The van der Waals surface area contributed by atoms with Gasteiger partial charge in [-0.15, -0.1) is 0 Å². The number of nitrogens with zero attached hydrogens (tertiary/aromatic N) is 1. The number of nitrogens with two attached hydrogens (primary N) is 1. The molecule has 1 aromatic carbocycles. The van der Waals surface area contributed by atoms with E-state index in [1.54, 1.807) is 6.07 Å². The monoisotopic (exact) mass is 355 g/mol. The van der Waals surface area contributed by atoms with Gasteiger partial charge in [0, 0.05) is 25.2 Å². The van der Waals surface area contributed by atoms with Crippen molar-refractivity contribution in [2.75, 3.05) is 32.8 Å². The Balaban J connectivity index is 1.63. The quantitative estimate of drug-likeness (QED) is 0.749. The highest BCUT2D eigenvalue weighted by Crippen LogP contribution is 2.32. The first kappa shape index (κ1) is 17.0. The average Bonchev–Trinajstić information content (AvgIpc) is 2.55. The van der Waals surface area contributed by atoms with Gasteiger partial charge in [0.25, 0.3) is 0 Å². The molecule has 2 heterocycles. The second-order valence-corrected chi connectivity index (χ2v) is 7.66. The summed E-state index contributed by atoms with van der Waals surface area (Å²) in [7, 11) is -3.63. The van der Waals surface area contributed by atoms with Crippen molar-refractivity contribution in [2.24, 2.45) is 5.73 Å². The number of carbonyl (C=O) groups is 1. The molecular formula is C15H21N3O5S. The van der Waals surface area contributed by atoms with Crippen LogP contribution in [0, 0.1) is 0 Å². The fourth-order valence-electron chi connectivity index (χ4n) is 2.91. The maximum atomic E-state index is 12.6. The summed E-state index contributed by atoms with van der Waals surface area (Å²) in [6.07, 6.45) is 1.27. The fourth-order valence-corrected chi connectivity index (χ4v) is 4.23. The zero-order valence-electron chi connectivity index (χ0n) is 13.2. The number of likely N-dealkylation sites (tertiary alicyclic amines) is 1. The van der Waals surface area contributed by atoms with E-state index in [1.807, 2.05) is 4.90 Å². The molecule has 0 saturated carbocycles. The first-order valence-electron chi connectivity index (χ1n) is 7.87. The van der Waals surface area contributed by atoms with Crippen LogP contribution in [0.25, 0.3) is 0 Å². The zero-order chi connectivity index (χ0) is 17.2. The summed E-state index contributed by atoms with van der Waals surface area (Å²) in [6, 6.07) is 4.45. The number of fused-ring (bicyclic) bond motifs is 1. The van der Waals surface area contributed by atoms with Gasteiger partial charge in [-0.25, -0.2) is 13.1 Å². The van der Waals surface area contributed by atoms with Crippen molar-refractivity contribution >= 4 is 15.9 Å². The minimum absolute atomic E-state index is 0.159. The minimum atomic E-state index is -3.63. The Morgan fingerprint density at radius 2 is 1.88 bits per heavy atom. The van der Waals surface area contributed by atoms with Gasteiger partial charge < -0.3 is 15.2 Å². The maximum Gasteiger partial charge on any atom is 0.240 e.